The van der Waals surface area contributed by atoms with Crippen molar-refractivity contribution < 1.29 is 14.3 Å². The van der Waals surface area contributed by atoms with Gasteiger partial charge in [-0.2, -0.15) is 0 Å². The van der Waals surface area contributed by atoms with E-state index in [1.807, 2.05) is 18.7 Å². The highest BCUT2D eigenvalue weighted by Gasteiger charge is 2.32. The van der Waals surface area contributed by atoms with Gasteiger partial charge >= 0.3 is 0 Å². The number of hydrogen-bond donors (Lipinski definition) is 0. The number of carbonyl (C=O) groups excluding carboxylic acids is 1. The smallest absolute Gasteiger partial charge is 0.251 e. The predicted octanol–water partition coefficient (Wildman–Crippen LogP) is 0.801. The second-order valence-corrected chi connectivity index (χ2v) is 4.50. The molecule has 4 nitrogen and oxygen atoms in total. The Kier molecular flexibility index (Phi) is 3.26. The minimum atomic E-state index is -0.192. The zero-order valence-corrected chi connectivity index (χ0v) is 9.44. The van der Waals surface area contributed by atoms with E-state index in [0.717, 1.165) is 19.4 Å². The fourth-order valence-electron chi connectivity index (χ4n) is 2.33. The first kappa shape index (κ1) is 10.9. The number of carbonyl (C=O) groups is 1. The highest BCUT2D eigenvalue weighted by atomic mass is 16.5. The summed E-state index contributed by atoms with van der Waals surface area (Å²) in [6, 6.07) is 0. The van der Waals surface area contributed by atoms with Crippen LogP contribution in [-0.2, 0) is 14.3 Å². The van der Waals surface area contributed by atoms with E-state index in [0.29, 0.717) is 13.1 Å². The number of ether oxygens (including phenoxy) is 2. The van der Waals surface area contributed by atoms with Crippen molar-refractivity contribution in [1.29, 1.82) is 0 Å². The molecule has 0 aliphatic carbocycles. The molecule has 15 heavy (non-hydrogen) atoms. The minimum absolute atomic E-state index is 0.138. The summed E-state index contributed by atoms with van der Waals surface area (Å²) in [5.41, 5.74) is 0. The van der Waals surface area contributed by atoms with Gasteiger partial charge in [0.05, 0.1) is 12.2 Å². The predicted molar refractivity (Wildman–Crippen MR) is 55.6 cm³/mol. The molecule has 4 heteroatoms. The number of hydrogen-bond acceptors (Lipinski definition) is 3. The van der Waals surface area contributed by atoms with E-state index >= 15 is 0 Å². The van der Waals surface area contributed by atoms with Crippen LogP contribution < -0.4 is 0 Å². The number of nitrogens with zero attached hydrogens (tertiary/aromatic N) is 1. The Morgan fingerprint density at radius 1 is 1.27 bits per heavy atom. The Balaban J connectivity index is 1.93. The second-order valence-electron chi connectivity index (χ2n) is 4.50. The normalized spacial score (nSPS) is 36.9. The van der Waals surface area contributed by atoms with E-state index in [-0.39, 0.29) is 24.2 Å². The van der Waals surface area contributed by atoms with Gasteiger partial charge in [0.15, 0.2) is 0 Å². The van der Waals surface area contributed by atoms with Crippen molar-refractivity contribution in [3.63, 3.8) is 0 Å². The maximum atomic E-state index is 12.0. The largest absolute Gasteiger partial charge is 0.372 e. The van der Waals surface area contributed by atoms with Crippen molar-refractivity contribution in [2.24, 2.45) is 0 Å². The van der Waals surface area contributed by atoms with E-state index in [9.17, 15) is 4.79 Å². The van der Waals surface area contributed by atoms with Crippen LogP contribution in [0.15, 0.2) is 0 Å². The molecular formula is C11H19NO3. The molecule has 2 fully saturated rings. The topological polar surface area (TPSA) is 38.8 Å². The Labute approximate surface area is 90.5 Å². The number of morpholine rings is 1. The molecule has 86 valence electrons. The van der Waals surface area contributed by atoms with Crippen LogP contribution in [-0.4, -0.2) is 48.8 Å². The fourth-order valence-corrected chi connectivity index (χ4v) is 2.33. The lowest BCUT2D eigenvalue weighted by Crippen LogP contribution is -2.51. The third kappa shape index (κ3) is 2.49. The quantitative estimate of drug-likeness (QED) is 0.646. The van der Waals surface area contributed by atoms with E-state index in [1.165, 1.54) is 0 Å². The summed E-state index contributed by atoms with van der Waals surface area (Å²) in [4.78, 5) is 13.9. The molecule has 2 saturated heterocycles. The summed E-state index contributed by atoms with van der Waals surface area (Å²) < 4.78 is 11.0. The molecule has 0 spiro atoms. The van der Waals surface area contributed by atoms with Gasteiger partial charge in [-0.15, -0.1) is 0 Å². The van der Waals surface area contributed by atoms with Crippen LogP contribution in [0.2, 0.25) is 0 Å². The summed E-state index contributed by atoms with van der Waals surface area (Å²) in [6.45, 7) is 6.13. The molecule has 2 aliphatic rings. The molecule has 0 bridgehead atoms. The maximum Gasteiger partial charge on any atom is 0.251 e. The van der Waals surface area contributed by atoms with Crippen molar-refractivity contribution in [2.75, 3.05) is 19.7 Å². The van der Waals surface area contributed by atoms with Gasteiger partial charge in [0.2, 0.25) is 0 Å². The lowest BCUT2D eigenvalue weighted by Gasteiger charge is -2.36. The van der Waals surface area contributed by atoms with E-state index in [4.69, 9.17) is 9.47 Å². The molecule has 0 aromatic heterocycles. The van der Waals surface area contributed by atoms with Crippen LogP contribution in [0.25, 0.3) is 0 Å². The maximum absolute atomic E-state index is 12.0. The molecule has 3 atom stereocenters. The molecule has 1 amide bonds. The van der Waals surface area contributed by atoms with E-state index < -0.39 is 0 Å². The van der Waals surface area contributed by atoms with E-state index in [2.05, 4.69) is 0 Å². The van der Waals surface area contributed by atoms with Gasteiger partial charge in [-0.1, -0.05) is 0 Å². The van der Waals surface area contributed by atoms with Gasteiger partial charge < -0.3 is 14.4 Å². The van der Waals surface area contributed by atoms with Gasteiger partial charge in [0.1, 0.15) is 6.10 Å². The highest BCUT2D eigenvalue weighted by molar-refractivity contribution is 5.81. The van der Waals surface area contributed by atoms with Crippen LogP contribution in [0.5, 0.6) is 0 Å². The number of amides is 1. The van der Waals surface area contributed by atoms with Crippen LogP contribution in [0.1, 0.15) is 26.7 Å². The fraction of sp³-hybridized carbons (Fsp3) is 0.909. The monoisotopic (exact) mass is 213 g/mol. The third-order valence-electron chi connectivity index (χ3n) is 2.94. The first-order valence-corrected chi connectivity index (χ1v) is 5.72. The molecule has 0 N–H and O–H groups in total. The first-order valence-electron chi connectivity index (χ1n) is 5.72. The summed E-state index contributed by atoms with van der Waals surface area (Å²) >= 11 is 0. The molecule has 0 unspecified atom stereocenters. The zero-order valence-electron chi connectivity index (χ0n) is 9.44. The van der Waals surface area contributed by atoms with Crippen molar-refractivity contribution in [2.45, 2.75) is 45.0 Å². The zero-order chi connectivity index (χ0) is 10.8. The number of rotatable bonds is 1. The first-order chi connectivity index (χ1) is 7.16. The van der Waals surface area contributed by atoms with Crippen LogP contribution in [0, 0.1) is 0 Å². The molecule has 0 radical (unpaired) electrons. The van der Waals surface area contributed by atoms with Gasteiger partial charge in [-0.05, 0) is 26.7 Å². The lowest BCUT2D eigenvalue weighted by molar-refractivity contribution is -0.152. The Morgan fingerprint density at radius 3 is 2.47 bits per heavy atom. The third-order valence-corrected chi connectivity index (χ3v) is 2.94. The van der Waals surface area contributed by atoms with Crippen molar-refractivity contribution in [1.82, 2.24) is 4.90 Å². The summed E-state index contributed by atoms with van der Waals surface area (Å²) in [7, 11) is 0. The standard InChI is InChI=1S/C11H19NO3/c1-8-6-12(7-9(2)15-8)11(13)10-4-3-5-14-10/h8-10H,3-7H2,1-2H3/t8-,9+,10-/m1/s1. The van der Waals surface area contributed by atoms with Crippen LogP contribution >= 0.6 is 0 Å². The molecular weight excluding hydrogens is 194 g/mol. The van der Waals surface area contributed by atoms with Gasteiger partial charge in [0.25, 0.3) is 5.91 Å². The van der Waals surface area contributed by atoms with Crippen molar-refractivity contribution in [3.05, 3.63) is 0 Å². The minimum Gasteiger partial charge on any atom is -0.372 e. The van der Waals surface area contributed by atoms with Crippen molar-refractivity contribution in [3.8, 4) is 0 Å². The highest BCUT2D eigenvalue weighted by Crippen LogP contribution is 2.18. The Hall–Kier alpha value is -0.610. The Morgan fingerprint density at radius 2 is 1.93 bits per heavy atom. The molecule has 2 aliphatic heterocycles. The van der Waals surface area contributed by atoms with Crippen LogP contribution in [0.4, 0.5) is 0 Å². The summed E-state index contributed by atoms with van der Waals surface area (Å²) in [6.07, 6.45) is 1.96. The molecule has 2 heterocycles. The van der Waals surface area contributed by atoms with Gasteiger partial charge in [-0.25, -0.2) is 0 Å². The van der Waals surface area contributed by atoms with E-state index in [1.54, 1.807) is 0 Å². The molecule has 0 aromatic rings. The van der Waals surface area contributed by atoms with Gasteiger partial charge in [-0.3, -0.25) is 4.79 Å². The molecule has 2 rings (SSSR count). The SMILES string of the molecule is C[C@@H]1CN(C(=O)[C@H]2CCCO2)C[C@H](C)O1. The summed E-state index contributed by atoms with van der Waals surface area (Å²) in [5.74, 6) is 0.148. The van der Waals surface area contributed by atoms with Gasteiger partial charge in [0, 0.05) is 19.7 Å². The van der Waals surface area contributed by atoms with Crippen LogP contribution in [0.3, 0.4) is 0 Å². The lowest BCUT2D eigenvalue weighted by atomic mass is 10.1. The average Bonchev–Trinajstić information content (AvgIpc) is 2.67. The summed E-state index contributed by atoms with van der Waals surface area (Å²) in [5, 5.41) is 0. The Bertz CT molecular complexity index is 228. The average molecular weight is 213 g/mol. The molecule has 0 aromatic carbocycles. The molecule has 0 saturated carbocycles. The van der Waals surface area contributed by atoms with Crippen molar-refractivity contribution >= 4 is 5.91 Å². The second kappa shape index (κ2) is 4.49.